The highest BCUT2D eigenvalue weighted by Gasteiger charge is 2.37. The molecule has 0 aromatic heterocycles. The van der Waals surface area contributed by atoms with Crippen LogP contribution < -0.4 is 9.80 Å². The fraction of sp³-hybridized carbons (Fsp3) is 0.419. The summed E-state index contributed by atoms with van der Waals surface area (Å²) in [6, 6.07) is 31.2. The summed E-state index contributed by atoms with van der Waals surface area (Å²) < 4.78 is 0. The molecule has 2 aliphatic carbocycles. The molecule has 0 atom stereocenters. The van der Waals surface area contributed by atoms with Crippen LogP contribution in [-0.2, 0) is 19.4 Å². The lowest BCUT2D eigenvalue weighted by Crippen LogP contribution is -2.48. The number of rotatable bonds is 6. The van der Waals surface area contributed by atoms with Crippen molar-refractivity contribution >= 4 is 11.4 Å². The zero-order chi connectivity index (χ0) is 22.9. The molecule has 1 heterocycles. The van der Waals surface area contributed by atoms with Crippen molar-refractivity contribution < 1.29 is 0 Å². The molecule has 1 aliphatic heterocycles. The lowest BCUT2D eigenvalue weighted by Gasteiger charge is -2.43. The van der Waals surface area contributed by atoms with E-state index in [-0.39, 0.29) is 0 Å². The fourth-order valence-electron chi connectivity index (χ4n) is 6.72. The maximum Gasteiger partial charge on any atom is 0.0906 e. The Hall–Kier alpha value is -2.78. The van der Waals surface area contributed by atoms with Crippen LogP contribution in [0.2, 0.25) is 0 Å². The van der Waals surface area contributed by atoms with E-state index < -0.39 is 0 Å². The van der Waals surface area contributed by atoms with E-state index in [1.807, 2.05) is 0 Å². The predicted molar refractivity (Wildman–Crippen MR) is 142 cm³/mol. The molecule has 176 valence electrons. The van der Waals surface area contributed by atoms with Gasteiger partial charge >= 0.3 is 0 Å². The normalized spacial score (nSPS) is 22.3. The summed E-state index contributed by atoms with van der Waals surface area (Å²) in [6.45, 7) is 5.48. The molecule has 0 bridgehead atoms. The Bertz CT molecular complexity index is 1080. The second kappa shape index (κ2) is 9.46. The van der Waals surface area contributed by atoms with Crippen molar-refractivity contribution in [2.24, 2.45) is 0 Å². The van der Waals surface area contributed by atoms with Gasteiger partial charge in [-0.15, -0.1) is 0 Å². The van der Waals surface area contributed by atoms with Gasteiger partial charge < -0.3 is 9.80 Å². The number of hydrogen-bond donors (Lipinski definition) is 0. The van der Waals surface area contributed by atoms with Gasteiger partial charge in [0.05, 0.1) is 18.0 Å². The molecule has 1 saturated carbocycles. The number of benzene rings is 3. The minimum absolute atomic E-state index is 0.627. The quantitative estimate of drug-likeness (QED) is 0.437. The van der Waals surface area contributed by atoms with Gasteiger partial charge in [-0.2, -0.15) is 0 Å². The summed E-state index contributed by atoms with van der Waals surface area (Å²) in [7, 11) is 0. The minimum Gasteiger partial charge on any atom is -0.352 e. The van der Waals surface area contributed by atoms with Crippen molar-refractivity contribution in [2.45, 2.75) is 70.1 Å². The first-order chi connectivity index (χ1) is 16.8. The van der Waals surface area contributed by atoms with Gasteiger partial charge in [0.1, 0.15) is 0 Å². The number of hydrogen-bond acceptors (Lipinski definition) is 3. The van der Waals surface area contributed by atoms with Crippen molar-refractivity contribution in [3.63, 3.8) is 0 Å². The van der Waals surface area contributed by atoms with E-state index in [0.29, 0.717) is 18.1 Å². The Labute approximate surface area is 205 Å². The monoisotopic (exact) mass is 451 g/mol. The lowest BCUT2D eigenvalue weighted by molar-refractivity contribution is 0.0943. The fourth-order valence-corrected chi connectivity index (χ4v) is 6.72. The van der Waals surface area contributed by atoms with E-state index in [9.17, 15) is 0 Å². The SMILES string of the molecule is CCN1CN(C2CCC(N(Cc3ccccc3)C3Cc4ccccc4C3)CC2)c2ccccc21. The second-order valence-electron chi connectivity index (χ2n) is 10.4. The summed E-state index contributed by atoms with van der Waals surface area (Å²) in [5.41, 5.74) is 7.44. The van der Waals surface area contributed by atoms with Crippen LogP contribution in [0.25, 0.3) is 0 Å². The van der Waals surface area contributed by atoms with Crippen LogP contribution >= 0.6 is 0 Å². The molecular formula is C31H37N3. The molecule has 1 fully saturated rings. The minimum atomic E-state index is 0.627. The van der Waals surface area contributed by atoms with Crippen LogP contribution in [0.4, 0.5) is 11.4 Å². The van der Waals surface area contributed by atoms with Gasteiger partial charge in [-0.3, -0.25) is 4.90 Å². The first kappa shape index (κ1) is 21.7. The summed E-state index contributed by atoms with van der Waals surface area (Å²) >= 11 is 0. The average Bonchev–Trinajstić information content (AvgIpc) is 3.50. The zero-order valence-electron chi connectivity index (χ0n) is 20.4. The molecule has 3 aromatic carbocycles. The van der Waals surface area contributed by atoms with Crippen LogP contribution in [0.3, 0.4) is 0 Å². The van der Waals surface area contributed by atoms with Crippen LogP contribution in [0.5, 0.6) is 0 Å². The van der Waals surface area contributed by atoms with Gasteiger partial charge in [-0.05, 0) is 74.3 Å². The zero-order valence-corrected chi connectivity index (χ0v) is 20.4. The van der Waals surface area contributed by atoms with Crippen molar-refractivity contribution in [1.29, 1.82) is 0 Å². The Morgan fingerprint density at radius 3 is 2.00 bits per heavy atom. The van der Waals surface area contributed by atoms with Gasteiger partial charge in [0.15, 0.2) is 0 Å². The molecule has 0 amide bonds. The number of anilines is 2. The van der Waals surface area contributed by atoms with Crippen molar-refractivity contribution in [1.82, 2.24) is 4.90 Å². The number of fused-ring (bicyclic) bond motifs is 2. The number of nitrogens with zero attached hydrogens (tertiary/aromatic N) is 3. The van der Waals surface area contributed by atoms with E-state index in [4.69, 9.17) is 0 Å². The Morgan fingerprint density at radius 1 is 0.706 bits per heavy atom. The molecular weight excluding hydrogens is 414 g/mol. The van der Waals surface area contributed by atoms with Gasteiger partial charge in [0, 0.05) is 31.2 Å². The molecule has 6 rings (SSSR count). The Kier molecular flexibility index (Phi) is 6.05. The van der Waals surface area contributed by atoms with E-state index in [2.05, 4.69) is 100 Å². The summed E-state index contributed by atoms with van der Waals surface area (Å²) in [6.07, 6.45) is 7.59. The molecule has 3 heteroatoms. The molecule has 3 nitrogen and oxygen atoms in total. The highest BCUT2D eigenvalue weighted by Crippen LogP contribution is 2.41. The van der Waals surface area contributed by atoms with E-state index in [1.54, 1.807) is 11.1 Å². The third-order valence-corrected chi connectivity index (χ3v) is 8.52. The average molecular weight is 452 g/mol. The highest BCUT2D eigenvalue weighted by atomic mass is 15.4. The molecule has 0 radical (unpaired) electrons. The molecule has 0 spiro atoms. The van der Waals surface area contributed by atoms with E-state index >= 15 is 0 Å². The van der Waals surface area contributed by atoms with Crippen LogP contribution in [0.15, 0.2) is 78.9 Å². The highest BCUT2D eigenvalue weighted by molar-refractivity contribution is 5.76. The third kappa shape index (κ3) is 4.11. The number of para-hydroxylation sites is 2. The Morgan fingerprint density at radius 2 is 1.32 bits per heavy atom. The van der Waals surface area contributed by atoms with Gasteiger partial charge in [-0.25, -0.2) is 0 Å². The van der Waals surface area contributed by atoms with Crippen molar-refractivity contribution in [2.75, 3.05) is 23.0 Å². The van der Waals surface area contributed by atoms with Gasteiger partial charge in [0.25, 0.3) is 0 Å². The first-order valence-electron chi connectivity index (χ1n) is 13.3. The molecule has 3 aliphatic rings. The lowest BCUT2D eigenvalue weighted by atomic mass is 9.87. The van der Waals surface area contributed by atoms with Crippen molar-refractivity contribution in [3.05, 3.63) is 95.6 Å². The van der Waals surface area contributed by atoms with Gasteiger partial charge in [-0.1, -0.05) is 66.7 Å². The maximum atomic E-state index is 2.88. The topological polar surface area (TPSA) is 9.72 Å². The van der Waals surface area contributed by atoms with Crippen molar-refractivity contribution in [3.8, 4) is 0 Å². The Balaban J connectivity index is 1.18. The predicted octanol–water partition coefficient (Wildman–Crippen LogP) is 6.27. The van der Waals surface area contributed by atoms with Gasteiger partial charge in [0.2, 0.25) is 0 Å². The first-order valence-corrected chi connectivity index (χ1v) is 13.3. The molecule has 34 heavy (non-hydrogen) atoms. The smallest absolute Gasteiger partial charge is 0.0906 e. The van der Waals surface area contributed by atoms with E-state index in [1.165, 1.54) is 55.5 Å². The van der Waals surface area contributed by atoms with E-state index in [0.717, 1.165) is 19.8 Å². The summed E-state index contributed by atoms with van der Waals surface area (Å²) in [5.74, 6) is 0. The second-order valence-corrected chi connectivity index (χ2v) is 10.4. The summed E-state index contributed by atoms with van der Waals surface area (Å²) in [4.78, 5) is 8.10. The largest absolute Gasteiger partial charge is 0.352 e. The standard InChI is InChI=1S/C31H37N3/c1-2-32-23-34(31-15-9-8-14-30(31)32)28-18-16-27(17-19-28)33(22-24-10-4-3-5-11-24)29-20-25-12-6-7-13-26(25)21-29/h3-15,27-29H,2,16-23H2,1H3. The third-order valence-electron chi connectivity index (χ3n) is 8.52. The molecule has 0 N–H and O–H groups in total. The summed E-state index contributed by atoms with van der Waals surface area (Å²) in [5, 5.41) is 0. The van der Waals surface area contributed by atoms with Crippen LogP contribution in [0.1, 0.15) is 49.3 Å². The van der Waals surface area contributed by atoms with Crippen LogP contribution in [0, 0.1) is 0 Å². The molecule has 0 saturated heterocycles. The maximum absolute atomic E-state index is 2.88. The van der Waals surface area contributed by atoms with Crippen LogP contribution in [-0.4, -0.2) is 36.2 Å². The molecule has 3 aromatic rings. The molecule has 0 unspecified atom stereocenters.